The van der Waals surface area contributed by atoms with Crippen LogP contribution < -0.4 is 9.64 Å². The molecule has 1 heterocycles. The predicted molar refractivity (Wildman–Crippen MR) is 153 cm³/mol. The molecule has 6 nitrogen and oxygen atoms in total. The van der Waals surface area contributed by atoms with Crippen molar-refractivity contribution in [2.45, 2.75) is 64.7 Å². The summed E-state index contributed by atoms with van der Waals surface area (Å²) in [7, 11) is 2.36. The average Bonchev–Trinajstić information content (AvgIpc) is 3.22. The highest BCUT2D eigenvalue weighted by atomic mass is 19.4. The van der Waals surface area contributed by atoms with Crippen LogP contribution in [0.3, 0.4) is 0 Å². The molecule has 0 aromatic heterocycles. The van der Waals surface area contributed by atoms with Crippen LogP contribution in [-0.4, -0.2) is 37.6 Å². The van der Waals surface area contributed by atoms with Crippen LogP contribution in [0.4, 0.5) is 50.0 Å². The number of halogens is 9. The molecule has 4 rings (SSSR count). The van der Waals surface area contributed by atoms with Gasteiger partial charge < -0.3 is 14.4 Å². The third-order valence-electron chi connectivity index (χ3n) is 8.30. The summed E-state index contributed by atoms with van der Waals surface area (Å²) in [6.07, 6.45) is -16.7. The maximum Gasteiger partial charge on any atom is 0.418 e. The molecule has 47 heavy (non-hydrogen) atoms. The second-order valence-electron chi connectivity index (χ2n) is 12.2. The van der Waals surface area contributed by atoms with Crippen LogP contribution in [0.25, 0.3) is 5.57 Å². The number of cyclic esters (lactones) is 1. The molecule has 15 heteroatoms. The Morgan fingerprint density at radius 3 is 2.06 bits per heavy atom. The van der Waals surface area contributed by atoms with E-state index in [4.69, 9.17) is 9.47 Å². The van der Waals surface area contributed by atoms with Crippen molar-refractivity contribution in [2.75, 3.05) is 25.6 Å². The van der Waals surface area contributed by atoms with E-state index >= 15 is 0 Å². The Labute approximate surface area is 264 Å². The molecule has 2 amide bonds. The number of methoxy groups -OCH3 is 1. The van der Waals surface area contributed by atoms with Gasteiger partial charge in [-0.2, -0.15) is 39.5 Å². The lowest BCUT2D eigenvalue weighted by molar-refractivity contribution is -0.143. The summed E-state index contributed by atoms with van der Waals surface area (Å²) < 4.78 is 134. The Bertz CT molecular complexity index is 1610. The van der Waals surface area contributed by atoms with Gasteiger partial charge in [-0.25, -0.2) is 4.79 Å². The first kappa shape index (κ1) is 35.7. The first-order valence-electron chi connectivity index (χ1n) is 14.2. The molecule has 0 N–H and O–H groups in total. The lowest BCUT2D eigenvalue weighted by Crippen LogP contribution is -2.30. The molecule has 0 saturated carbocycles. The molecule has 2 aliphatic rings. The number of ether oxygens (including phenoxy) is 2. The molecule has 1 atom stereocenters. The molecule has 2 aromatic carbocycles. The minimum Gasteiger partial charge on any atom is -0.496 e. The number of carbonyl (C=O) groups excluding carboxylic acids is 2. The molecule has 1 aliphatic carbocycles. The monoisotopic (exact) mass is 678 g/mol. The molecule has 256 valence electrons. The fourth-order valence-electron chi connectivity index (χ4n) is 5.78. The van der Waals surface area contributed by atoms with Crippen LogP contribution in [0, 0.1) is 5.41 Å². The third kappa shape index (κ3) is 7.38. The number of amides is 2. The van der Waals surface area contributed by atoms with Crippen molar-refractivity contribution >= 4 is 23.3 Å². The number of anilines is 1. The normalized spacial score (nSPS) is 18.9. The standard InChI is InChI=1S/C32H31F9N2O4/c1-16-27(18-9-20(30(33,34)35)11-21(10-18)31(36,37)38)47-28(45)43(16)15-19-14-29(3,4)8-7-22(19)23-12-25(42(5)17(2)44)24(32(39,40)41)13-26(23)46-6/h9-13,27H,1,7-8,14-15H2,2-6H3/t27-/m0/s1. The number of hydrogen-bond donors (Lipinski definition) is 0. The highest BCUT2D eigenvalue weighted by Crippen LogP contribution is 2.49. The van der Waals surface area contributed by atoms with Crippen LogP contribution >= 0.6 is 0 Å². The van der Waals surface area contributed by atoms with Crippen molar-refractivity contribution in [1.82, 2.24) is 4.90 Å². The summed E-state index contributed by atoms with van der Waals surface area (Å²) in [6.45, 7) is 8.42. The van der Waals surface area contributed by atoms with Gasteiger partial charge in [0.25, 0.3) is 0 Å². The highest BCUT2D eigenvalue weighted by Gasteiger charge is 2.43. The summed E-state index contributed by atoms with van der Waals surface area (Å²) in [5, 5.41) is 0. The Morgan fingerprint density at radius 2 is 1.57 bits per heavy atom. The zero-order valence-electron chi connectivity index (χ0n) is 25.9. The smallest absolute Gasteiger partial charge is 0.418 e. The van der Waals surface area contributed by atoms with Gasteiger partial charge in [0.2, 0.25) is 5.91 Å². The number of hydrogen-bond acceptors (Lipinski definition) is 4. The van der Waals surface area contributed by atoms with Crippen molar-refractivity contribution in [3.8, 4) is 5.75 Å². The predicted octanol–water partition coefficient (Wildman–Crippen LogP) is 9.41. The molecular weight excluding hydrogens is 647 g/mol. The van der Waals surface area contributed by atoms with E-state index in [1.54, 1.807) is 0 Å². The van der Waals surface area contributed by atoms with Gasteiger partial charge in [-0.3, -0.25) is 9.69 Å². The van der Waals surface area contributed by atoms with Gasteiger partial charge >= 0.3 is 24.6 Å². The van der Waals surface area contributed by atoms with E-state index in [-0.39, 0.29) is 35.0 Å². The molecule has 0 radical (unpaired) electrons. The van der Waals surface area contributed by atoms with Gasteiger partial charge in [0, 0.05) is 19.5 Å². The zero-order valence-corrected chi connectivity index (χ0v) is 25.9. The Hall–Kier alpha value is -4.17. The summed E-state index contributed by atoms with van der Waals surface area (Å²) >= 11 is 0. The number of alkyl halides is 9. The lowest BCUT2D eigenvalue weighted by Gasteiger charge is -2.35. The molecule has 0 unspecified atom stereocenters. The average molecular weight is 679 g/mol. The lowest BCUT2D eigenvalue weighted by atomic mass is 9.72. The van der Waals surface area contributed by atoms with E-state index in [0.29, 0.717) is 42.5 Å². The van der Waals surface area contributed by atoms with Crippen LogP contribution in [0.15, 0.2) is 48.2 Å². The quantitative estimate of drug-likeness (QED) is 0.286. The minimum absolute atomic E-state index is 0.0444. The third-order valence-corrected chi connectivity index (χ3v) is 8.30. The van der Waals surface area contributed by atoms with Crippen molar-refractivity contribution in [3.05, 3.63) is 76.0 Å². The number of nitrogens with zero attached hydrogens (tertiary/aromatic N) is 2. The maximum atomic E-state index is 14.1. The summed E-state index contributed by atoms with van der Waals surface area (Å²) in [5.41, 5.74) is -4.69. The second-order valence-corrected chi connectivity index (χ2v) is 12.2. The zero-order chi connectivity index (χ0) is 35.4. The first-order chi connectivity index (χ1) is 21.4. The van der Waals surface area contributed by atoms with Gasteiger partial charge in [0.1, 0.15) is 5.75 Å². The maximum absolute atomic E-state index is 14.1. The van der Waals surface area contributed by atoms with Gasteiger partial charge in [0.15, 0.2) is 6.10 Å². The molecule has 1 aliphatic heterocycles. The molecular formula is C32H31F9N2O4. The molecule has 0 spiro atoms. The van der Waals surface area contributed by atoms with E-state index in [1.165, 1.54) is 20.2 Å². The number of benzene rings is 2. The fourth-order valence-corrected chi connectivity index (χ4v) is 5.78. The number of carbonyl (C=O) groups is 2. The topological polar surface area (TPSA) is 59.1 Å². The number of rotatable bonds is 6. The van der Waals surface area contributed by atoms with Gasteiger partial charge in [-0.1, -0.05) is 20.4 Å². The van der Waals surface area contributed by atoms with Crippen molar-refractivity contribution in [2.24, 2.45) is 5.41 Å². The van der Waals surface area contributed by atoms with Crippen LogP contribution in [0.2, 0.25) is 0 Å². The Morgan fingerprint density at radius 1 is 1.00 bits per heavy atom. The van der Waals surface area contributed by atoms with Gasteiger partial charge in [-0.05, 0) is 71.7 Å². The Kier molecular flexibility index (Phi) is 9.21. The summed E-state index contributed by atoms with van der Waals surface area (Å²) in [5.74, 6) is -0.828. The number of allylic oxidation sites excluding steroid dienone is 1. The first-order valence-corrected chi connectivity index (χ1v) is 14.2. The van der Waals surface area contributed by atoms with E-state index in [0.717, 1.165) is 22.8 Å². The second kappa shape index (κ2) is 12.1. The van der Waals surface area contributed by atoms with E-state index in [1.807, 2.05) is 13.8 Å². The van der Waals surface area contributed by atoms with E-state index in [9.17, 15) is 49.1 Å². The summed E-state index contributed by atoms with van der Waals surface area (Å²) in [4.78, 5) is 27.0. The van der Waals surface area contributed by atoms with Crippen molar-refractivity contribution < 1.29 is 58.6 Å². The fraction of sp³-hybridized carbons (Fsp3) is 0.438. The minimum atomic E-state index is -5.14. The SMILES string of the molecule is C=C1[C@@H](c2cc(C(F)(F)F)cc(C(F)(F)F)c2)OC(=O)N1CC1=C(c2cc(N(C)C(C)=O)c(C(F)(F)F)cc2OC)CCC(C)(C)C1. The van der Waals surface area contributed by atoms with Crippen LogP contribution in [0.1, 0.15) is 74.0 Å². The van der Waals surface area contributed by atoms with Crippen molar-refractivity contribution in [1.29, 1.82) is 0 Å². The molecule has 1 fully saturated rings. The van der Waals surface area contributed by atoms with Gasteiger partial charge in [0.05, 0.1) is 41.7 Å². The van der Waals surface area contributed by atoms with Gasteiger partial charge in [-0.15, -0.1) is 0 Å². The molecule has 0 bridgehead atoms. The largest absolute Gasteiger partial charge is 0.496 e. The van der Waals surface area contributed by atoms with Crippen LogP contribution in [0.5, 0.6) is 5.75 Å². The Balaban J connectivity index is 1.83. The summed E-state index contributed by atoms with van der Waals surface area (Å²) in [6, 6.07) is 2.82. The highest BCUT2D eigenvalue weighted by molar-refractivity contribution is 5.93. The van der Waals surface area contributed by atoms with Crippen molar-refractivity contribution in [3.63, 3.8) is 0 Å². The van der Waals surface area contributed by atoms with E-state index < -0.39 is 64.6 Å². The van der Waals surface area contributed by atoms with Crippen LogP contribution in [-0.2, 0) is 28.1 Å². The molecule has 2 aromatic rings. The van der Waals surface area contributed by atoms with E-state index in [2.05, 4.69) is 6.58 Å². The molecule has 1 saturated heterocycles.